The Morgan fingerprint density at radius 2 is 2.44 bits per heavy atom. The monoisotopic (exact) mass is 237 g/mol. The van der Waals surface area contributed by atoms with Gasteiger partial charge in [0.15, 0.2) is 0 Å². The minimum atomic E-state index is -0.354. The molecule has 0 amide bonds. The molecular weight excluding hydrogens is 226 g/mol. The van der Waals surface area contributed by atoms with Gasteiger partial charge in [-0.05, 0) is 6.92 Å². The first-order valence-corrected chi connectivity index (χ1v) is 5.74. The molecule has 16 heavy (non-hydrogen) atoms. The smallest absolute Gasteiger partial charge is 0.341 e. The summed E-state index contributed by atoms with van der Waals surface area (Å²) in [6.45, 7) is 2.96. The van der Waals surface area contributed by atoms with Crippen molar-refractivity contribution in [3.05, 3.63) is 34.5 Å². The molecule has 0 aliphatic rings. The van der Waals surface area contributed by atoms with E-state index in [0.29, 0.717) is 5.56 Å². The summed E-state index contributed by atoms with van der Waals surface area (Å²) in [6, 6.07) is 0. The van der Waals surface area contributed by atoms with Gasteiger partial charge >= 0.3 is 5.97 Å². The lowest BCUT2D eigenvalue weighted by Crippen LogP contribution is -2.03. The number of hydrogen-bond donors (Lipinski definition) is 0. The predicted molar refractivity (Wildman–Crippen MR) is 59.1 cm³/mol. The molecule has 0 unspecified atom stereocenters. The lowest BCUT2D eigenvalue weighted by atomic mass is 10.4. The van der Waals surface area contributed by atoms with Crippen LogP contribution >= 0.6 is 11.3 Å². The SMILES string of the molecule is CCn1cc(C(=O)OCc2cncs2)cn1. The minimum Gasteiger partial charge on any atom is -0.456 e. The Labute approximate surface area is 96.7 Å². The topological polar surface area (TPSA) is 57.0 Å². The van der Waals surface area contributed by atoms with Crippen molar-refractivity contribution >= 4 is 17.3 Å². The fourth-order valence-electron chi connectivity index (χ4n) is 1.18. The summed E-state index contributed by atoms with van der Waals surface area (Å²) >= 11 is 1.46. The maximum absolute atomic E-state index is 11.6. The molecule has 84 valence electrons. The van der Waals surface area contributed by atoms with E-state index in [0.717, 1.165) is 11.4 Å². The van der Waals surface area contributed by atoms with Gasteiger partial charge < -0.3 is 4.74 Å². The molecule has 0 radical (unpaired) electrons. The van der Waals surface area contributed by atoms with E-state index in [1.54, 1.807) is 22.6 Å². The molecule has 2 heterocycles. The molecule has 0 spiro atoms. The molecule has 0 aromatic carbocycles. The van der Waals surface area contributed by atoms with Gasteiger partial charge in [-0.3, -0.25) is 9.67 Å². The minimum absolute atomic E-state index is 0.265. The first kappa shape index (κ1) is 10.8. The largest absolute Gasteiger partial charge is 0.456 e. The fraction of sp³-hybridized carbons (Fsp3) is 0.300. The average molecular weight is 237 g/mol. The van der Waals surface area contributed by atoms with Gasteiger partial charge in [0.2, 0.25) is 0 Å². The Morgan fingerprint density at radius 1 is 1.56 bits per heavy atom. The molecule has 0 N–H and O–H groups in total. The second-order valence-corrected chi connectivity index (χ2v) is 4.10. The number of aromatic nitrogens is 3. The normalized spacial score (nSPS) is 10.3. The van der Waals surface area contributed by atoms with Crippen molar-refractivity contribution in [2.45, 2.75) is 20.1 Å². The highest BCUT2D eigenvalue weighted by Gasteiger charge is 2.10. The lowest BCUT2D eigenvalue weighted by Gasteiger charge is -1.99. The predicted octanol–water partition coefficient (Wildman–Crippen LogP) is 1.72. The van der Waals surface area contributed by atoms with Crippen molar-refractivity contribution in [3.8, 4) is 0 Å². The maximum atomic E-state index is 11.6. The molecule has 0 fully saturated rings. The number of aryl methyl sites for hydroxylation is 1. The summed E-state index contributed by atoms with van der Waals surface area (Å²) in [5.74, 6) is -0.354. The van der Waals surface area contributed by atoms with Crippen LogP contribution in [0, 0.1) is 0 Å². The molecule has 5 nitrogen and oxygen atoms in total. The summed E-state index contributed by atoms with van der Waals surface area (Å²) in [5, 5.41) is 4.01. The van der Waals surface area contributed by atoms with Crippen molar-refractivity contribution in [1.29, 1.82) is 0 Å². The Bertz CT molecular complexity index is 464. The van der Waals surface area contributed by atoms with E-state index in [1.807, 2.05) is 6.92 Å². The highest BCUT2D eigenvalue weighted by atomic mass is 32.1. The van der Waals surface area contributed by atoms with Crippen LogP contribution in [0.15, 0.2) is 24.1 Å². The summed E-state index contributed by atoms with van der Waals surface area (Å²) < 4.78 is 6.79. The number of hydrogen-bond acceptors (Lipinski definition) is 5. The van der Waals surface area contributed by atoms with E-state index >= 15 is 0 Å². The second-order valence-electron chi connectivity index (χ2n) is 3.13. The molecule has 0 aliphatic carbocycles. The molecule has 2 aromatic rings. The zero-order valence-electron chi connectivity index (χ0n) is 8.79. The van der Waals surface area contributed by atoms with Crippen LogP contribution in [0.1, 0.15) is 22.2 Å². The van der Waals surface area contributed by atoms with E-state index in [-0.39, 0.29) is 12.6 Å². The first-order chi connectivity index (χ1) is 7.79. The van der Waals surface area contributed by atoms with Crippen molar-refractivity contribution in [2.24, 2.45) is 0 Å². The standard InChI is InChI=1S/C10H11N3O2S/c1-2-13-5-8(3-12-13)10(14)15-6-9-4-11-7-16-9/h3-5,7H,2,6H2,1H3. The van der Waals surface area contributed by atoms with Gasteiger partial charge in [-0.2, -0.15) is 5.10 Å². The van der Waals surface area contributed by atoms with Crippen molar-refractivity contribution in [3.63, 3.8) is 0 Å². The summed E-state index contributed by atoms with van der Waals surface area (Å²) in [7, 11) is 0. The molecule has 0 saturated heterocycles. The molecule has 0 atom stereocenters. The maximum Gasteiger partial charge on any atom is 0.341 e. The van der Waals surface area contributed by atoms with Gasteiger partial charge in [0.05, 0.1) is 22.1 Å². The van der Waals surface area contributed by atoms with Crippen LogP contribution in [-0.2, 0) is 17.9 Å². The number of ether oxygens (including phenoxy) is 1. The van der Waals surface area contributed by atoms with Crippen molar-refractivity contribution < 1.29 is 9.53 Å². The second kappa shape index (κ2) is 4.89. The zero-order valence-corrected chi connectivity index (χ0v) is 9.61. The van der Waals surface area contributed by atoms with Gasteiger partial charge in [-0.25, -0.2) is 4.79 Å². The first-order valence-electron chi connectivity index (χ1n) is 4.86. The van der Waals surface area contributed by atoms with E-state index < -0.39 is 0 Å². The quantitative estimate of drug-likeness (QED) is 0.760. The number of esters is 1. The number of rotatable bonds is 4. The third-order valence-corrected chi connectivity index (χ3v) is 2.78. The molecule has 0 aliphatic heterocycles. The van der Waals surface area contributed by atoms with Crippen LogP contribution in [0.2, 0.25) is 0 Å². The Hall–Kier alpha value is -1.69. The van der Waals surface area contributed by atoms with Gasteiger partial charge in [-0.15, -0.1) is 11.3 Å². The van der Waals surface area contributed by atoms with Crippen LogP contribution in [0.25, 0.3) is 0 Å². The highest BCUT2D eigenvalue weighted by molar-refractivity contribution is 7.09. The number of nitrogens with zero attached hydrogens (tertiary/aromatic N) is 3. The summed E-state index contributed by atoms with van der Waals surface area (Å²) in [4.78, 5) is 16.4. The third-order valence-electron chi connectivity index (χ3n) is 2.02. The van der Waals surface area contributed by atoms with Crippen LogP contribution in [0.5, 0.6) is 0 Å². The molecule has 6 heteroatoms. The number of carbonyl (C=O) groups excluding carboxylic acids is 1. The zero-order chi connectivity index (χ0) is 11.4. The molecule has 2 rings (SSSR count). The van der Waals surface area contributed by atoms with E-state index in [1.165, 1.54) is 17.5 Å². The van der Waals surface area contributed by atoms with E-state index in [2.05, 4.69) is 10.1 Å². The summed E-state index contributed by atoms with van der Waals surface area (Å²) in [5.41, 5.74) is 2.18. The van der Waals surface area contributed by atoms with Gasteiger partial charge in [0, 0.05) is 18.9 Å². The molecular formula is C10H11N3O2S. The Balaban J connectivity index is 1.93. The third kappa shape index (κ3) is 2.46. The summed E-state index contributed by atoms with van der Waals surface area (Å²) in [6.07, 6.45) is 4.88. The molecule has 0 saturated carbocycles. The van der Waals surface area contributed by atoms with Crippen molar-refractivity contribution in [1.82, 2.24) is 14.8 Å². The molecule has 0 bridgehead atoms. The number of thiazole rings is 1. The Morgan fingerprint density at radius 3 is 3.06 bits per heavy atom. The van der Waals surface area contributed by atoms with E-state index in [4.69, 9.17) is 4.74 Å². The number of carbonyl (C=O) groups is 1. The average Bonchev–Trinajstić information content (AvgIpc) is 2.96. The Kier molecular flexibility index (Phi) is 3.31. The van der Waals surface area contributed by atoms with Crippen LogP contribution in [0.4, 0.5) is 0 Å². The van der Waals surface area contributed by atoms with Crippen LogP contribution in [-0.4, -0.2) is 20.7 Å². The van der Waals surface area contributed by atoms with Crippen LogP contribution in [0.3, 0.4) is 0 Å². The van der Waals surface area contributed by atoms with Gasteiger partial charge in [0.25, 0.3) is 0 Å². The lowest BCUT2D eigenvalue weighted by molar-refractivity contribution is 0.0476. The van der Waals surface area contributed by atoms with Gasteiger partial charge in [0.1, 0.15) is 6.61 Å². The molecule has 2 aromatic heterocycles. The van der Waals surface area contributed by atoms with Gasteiger partial charge in [-0.1, -0.05) is 0 Å². The van der Waals surface area contributed by atoms with Crippen molar-refractivity contribution in [2.75, 3.05) is 0 Å². The van der Waals surface area contributed by atoms with E-state index in [9.17, 15) is 4.79 Å². The fourth-order valence-corrected chi connectivity index (χ4v) is 1.68. The highest BCUT2D eigenvalue weighted by Crippen LogP contribution is 2.09. The van der Waals surface area contributed by atoms with Crippen LogP contribution < -0.4 is 0 Å².